The zero-order valence-electron chi connectivity index (χ0n) is 14.7. The standard InChI is InChI=1S/C19H21N3O4/c1-25-16-9-8-14(17(12-16)26-2)13-20-22-19(24)11-10-18(23)21-15-6-4-3-5-7-15/h3-9,12-13H,10-11H2,1-2H3,(H,21,23)(H,22,24)/b20-13-. The Kier molecular flexibility index (Phi) is 7.17. The zero-order chi connectivity index (χ0) is 18.8. The lowest BCUT2D eigenvalue weighted by atomic mass is 10.2. The average Bonchev–Trinajstić information content (AvgIpc) is 2.67. The molecule has 0 saturated heterocycles. The molecule has 7 nitrogen and oxygen atoms in total. The molecule has 0 unspecified atom stereocenters. The van der Waals surface area contributed by atoms with Gasteiger partial charge in [0.15, 0.2) is 0 Å². The normalized spacial score (nSPS) is 10.4. The third kappa shape index (κ3) is 5.94. The van der Waals surface area contributed by atoms with E-state index in [-0.39, 0.29) is 24.7 Å². The highest BCUT2D eigenvalue weighted by Gasteiger charge is 2.07. The maximum atomic E-state index is 11.8. The second kappa shape index (κ2) is 9.83. The minimum atomic E-state index is -0.350. The molecule has 2 aromatic rings. The molecule has 0 aromatic heterocycles. The van der Waals surface area contributed by atoms with Gasteiger partial charge < -0.3 is 14.8 Å². The van der Waals surface area contributed by atoms with Gasteiger partial charge in [0.2, 0.25) is 11.8 Å². The number of benzene rings is 2. The van der Waals surface area contributed by atoms with Crippen molar-refractivity contribution in [3.05, 3.63) is 54.1 Å². The fourth-order valence-corrected chi connectivity index (χ4v) is 2.13. The largest absolute Gasteiger partial charge is 0.497 e. The van der Waals surface area contributed by atoms with Crippen molar-refractivity contribution in [2.45, 2.75) is 12.8 Å². The first-order chi connectivity index (χ1) is 12.6. The van der Waals surface area contributed by atoms with Gasteiger partial charge in [0.1, 0.15) is 11.5 Å². The van der Waals surface area contributed by atoms with E-state index in [9.17, 15) is 9.59 Å². The van der Waals surface area contributed by atoms with E-state index in [4.69, 9.17) is 9.47 Å². The lowest BCUT2D eigenvalue weighted by Crippen LogP contribution is -2.20. The van der Waals surface area contributed by atoms with Crippen LogP contribution >= 0.6 is 0 Å². The molecule has 0 radical (unpaired) electrons. The van der Waals surface area contributed by atoms with Gasteiger partial charge in [0.05, 0.1) is 20.4 Å². The molecule has 0 bridgehead atoms. The van der Waals surface area contributed by atoms with Crippen LogP contribution < -0.4 is 20.2 Å². The summed E-state index contributed by atoms with van der Waals surface area (Å²) >= 11 is 0. The molecule has 0 aliphatic rings. The summed E-state index contributed by atoms with van der Waals surface area (Å²) in [6, 6.07) is 14.3. The lowest BCUT2D eigenvalue weighted by Gasteiger charge is -2.07. The second-order valence-corrected chi connectivity index (χ2v) is 5.32. The summed E-state index contributed by atoms with van der Waals surface area (Å²) in [5.41, 5.74) is 3.78. The minimum Gasteiger partial charge on any atom is -0.497 e. The summed E-state index contributed by atoms with van der Waals surface area (Å²) in [7, 11) is 3.10. The number of amides is 2. The Labute approximate surface area is 152 Å². The summed E-state index contributed by atoms with van der Waals surface area (Å²) in [4.78, 5) is 23.6. The predicted octanol–water partition coefficient (Wildman–Crippen LogP) is 2.57. The van der Waals surface area contributed by atoms with Gasteiger partial charge in [-0.2, -0.15) is 5.10 Å². The number of ether oxygens (including phenoxy) is 2. The minimum absolute atomic E-state index is 0.0375. The molecular formula is C19H21N3O4. The van der Waals surface area contributed by atoms with Crippen LogP contribution in [0.1, 0.15) is 18.4 Å². The number of carbonyl (C=O) groups excluding carboxylic acids is 2. The third-order valence-corrected chi connectivity index (χ3v) is 3.47. The molecule has 2 aromatic carbocycles. The zero-order valence-corrected chi connectivity index (χ0v) is 14.7. The monoisotopic (exact) mass is 355 g/mol. The topological polar surface area (TPSA) is 89.0 Å². The van der Waals surface area contributed by atoms with E-state index in [1.807, 2.05) is 18.2 Å². The SMILES string of the molecule is COc1ccc(/C=N\NC(=O)CCC(=O)Nc2ccccc2)c(OC)c1. The fraction of sp³-hybridized carbons (Fsp3) is 0.211. The number of hydrogen-bond acceptors (Lipinski definition) is 5. The van der Waals surface area contributed by atoms with Crippen molar-refractivity contribution in [1.82, 2.24) is 5.43 Å². The van der Waals surface area contributed by atoms with Crippen molar-refractivity contribution in [1.29, 1.82) is 0 Å². The van der Waals surface area contributed by atoms with Crippen molar-refractivity contribution in [3.8, 4) is 11.5 Å². The molecule has 0 heterocycles. The summed E-state index contributed by atoms with van der Waals surface area (Å²) in [6.07, 6.45) is 1.58. The van der Waals surface area contributed by atoms with Crippen LogP contribution in [0, 0.1) is 0 Å². The molecule has 0 atom stereocenters. The van der Waals surface area contributed by atoms with E-state index in [0.29, 0.717) is 22.7 Å². The molecule has 0 aliphatic carbocycles. The van der Waals surface area contributed by atoms with Gasteiger partial charge in [-0.25, -0.2) is 5.43 Å². The predicted molar refractivity (Wildman–Crippen MR) is 99.6 cm³/mol. The van der Waals surface area contributed by atoms with E-state index < -0.39 is 0 Å². The van der Waals surface area contributed by atoms with Crippen LogP contribution in [0.3, 0.4) is 0 Å². The van der Waals surface area contributed by atoms with E-state index in [2.05, 4.69) is 15.8 Å². The van der Waals surface area contributed by atoms with Gasteiger partial charge in [0.25, 0.3) is 0 Å². The Balaban J connectivity index is 1.79. The lowest BCUT2D eigenvalue weighted by molar-refractivity contribution is -0.124. The van der Waals surface area contributed by atoms with E-state index in [1.165, 1.54) is 13.3 Å². The summed E-state index contributed by atoms with van der Waals surface area (Å²) in [6.45, 7) is 0. The first kappa shape index (κ1) is 19.0. The third-order valence-electron chi connectivity index (χ3n) is 3.47. The highest BCUT2D eigenvalue weighted by Crippen LogP contribution is 2.22. The fourth-order valence-electron chi connectivity index (χ4n) is 2.13. The number of para-hydroxylation sites is 1. The van der Waals surface area contributed by atoms with Gasteiger partial charge in [-0.1, -0.05) is 18.2 Å². The molecule has 2 rings (SSSR count). The summed E-state index contributed by atoms with van der Waals surface area (Å²) in [5, 5.41) is 6.61. The average molecular weight is 355 g/mol. The Hall–Kier alpha value is -3.35. The molecule has 0 aliphatic heterocycles. The van der Waals surface area contributed by atoms with Crippen LogP contribution in [0.2, 0.25) is 0 Å². The van der Waals surface area contributed by atoms with Gasteiger partial charge in [-0.15, -0.1) is 0 Å². The van der Waals surface area contributed by atoms with Crippen molar-refractivity contribution >= 4 is 23.7 Å². The number of rotatable bonds is 8. The quantitative estimate of drug-likeness (QED) is 0.563. The Morgan fingerprint density at radius 2 is 1.73 bits per heavy atom. The van der Waals surface area contributed by atoms with Crippen LogP contribution in [0.5, 0.6) is 11.5 Å². The number of anilines is 1. The van der Waals surface area contributed by atoms with E-state index in [1.54, 1.807) is 37.4 Å². The summed E-state index contributed by atoms with van der Waals surface area (Å²) < 4.78 is 10.4. The number of nitrogens with one attached hydrogen (secondary N) is 2. The smallest absolute Gasteiger partial charge is 0.240 e. The number of methoxy groups -OCH3 is 2. The summed E-state index contributed by atoms with van der Waals surface area (Å²) in [5.74, 6) is 0.654. The van der Waals surface area contributed by atoms with Gasteiger partial charge in [-0.3, -0.25) is 9.59 Å². The number of hydrazone groups is 1. The highest BCUT2D eigenvalue weighted by atomic mass is 16.5. The van der Waals surface area contributed by atoms with Crippen LogP contribution in [0.25, 0.3) is 0 Å². The van der Waals surface area contributed by atoms with Gasteiger partial charge >= 0.3 is 0 Å². The number of carbonyl (C=O) groups is 2. The Morgan fingerprint density at radius 1 is 1.00 bits per heavy atom. The Morgan fingerprint density at radius 3 is 2.42 bits per heavy atom. The van der Waals surface area contributed by atoms with Crippen LogP contribution in [0.15, 0.2) is 53.6 Å². The molecule has 7 heteroatoms. The first-order valence-electron chi connectivity index (χ1n) is 8.01. The molecule has 26 heavy (non-hydrogen) atoms. The van der Waals surface area contributed by atoms with Crippen molar-refractivity contribution < 1.29 is 19.1 Å². The maximum absolute atomic E-state index is 11.8. The van der Waals surface area contributed by atoms with Crippen LogP contribution in [0.4, 0.5) is 5.69 Å². The molecule has 0 spiro atoms. The van der Waals surface area contributed by atoms with Gasteiger partial charge in [0, 0.05) is 30.2 Å². The Bertz CT molecular complexity index is 776. The first-order valence-corrected chi connectivity index (χ1v) is 8.01. The van der Waals surface area contributed by atoms with Crippen molar-refractivity contribution in [3.63, 3.8) is 0 Å². The molecule has 136 valence electrons. The van der Waals surface area contributed by atoms with E-state index in [0.717, 1.165) is 0 Å². The van der Waals surface area contributed by atoms with Crippen molar-refractivity contribution in [2.24, 2.45) is 5.10 Å². The van der Waals surface area contributed by atoms with Crippen molar-refractivity contribution in [2.75, 3.05) is 19.5 Å². The van der Waals surface area contributed by atoms with Crippen LogP contribution in [-0.2, 0) is 9.59 Å². The molecule has 0 saturated carbocycles. The van der Waals surface area contributed by atoms with E-state index >= 15 is 0 Å². The van der Waals surface area contributed by atoms with Crippen LogP contribution in [-0.4, -0.2) is 32.2 Å². The maximum Gasteiger partial charge on any atom is 0.240 e. The number of nitrogens with zero attached hydrogens (tertiary/aromatic N) is 1. The van der Waals surface area contributed by atoms with Gasteiger partial charge in [-0.05, 0) is 24.3 Å². The molecule has 2 amide bonds. The molecular weight excluding hydrogens is 334 g/mol. The number of hydrogen-bond donors (Lipinski definition) is 2. The molecule has 2 N–H and O–H groups in total. The highest BCUT2D eigenvalue weighted by molar-refractivity contribution is 5.93. The molecule has 0 fully saturated rings. The second-order valence-electron chi connectivity index (χ2n) is 5.32.